The zero-order valence-electron chi connectivity index (χ0n) is 8.79. The molecule has 1 amide bonds. The maximum atomic E-state index is 11.6. The van der Waals surface area contributed by atoms with Crippen LogP contribution in [0.15, 0.2) is 0 Å². The van der Waals surface area contributed by atoms with Crippen molar-refractivity contribution in [2.24, 2.45) is 11.7 Å². The summed E-state index contributed by atoms with van der Waals surface area (Å²) in [6.07, 6.45) is 3.25. The van der Waals surface area contributed by atoms with Crippen LogP contribution in [0.3, 0.4) is 0 Å². The van der Waals surface area contributed by atoms with Gasteiger partial charge in [-0.3, -0.25) is 4.79 Å². The van der Waals surface area contributed by atoms with Crippen LogP contribution in [-0.4, -0.2) is 29.9 Å². The van der Waals surface area contributed by atoms with Crippen LogP contribution in [0.5, 0.6) is 0 Å². The third-order valence-corrected chi connectivity index (χ3v) is 3.02. The van der Waals surface area contributed by atoms with Crippen molar-refractivity contribution in [3.63, 3.8) is 0 Å². The van der Waals surface area contributed by atoms with Crippen LogP contribution < -0.4 is 5.73 Å². The standard InChI is InChI=1S/C10H20N2O/c1-4-9(11)10(13)12(3)7(2)8-5-6-8/h7-9H,4-6,11H2,1-3H3/t7?,9-/m0/s1. The molecule has 13 heavy (non-hydrogen) atoms. The molecule has 0 heterocycles. The highest BCUT2D eigenvalue weighted by molar-refractivity contribution is 5.81. The van der Waals surface area contributed by atoms with Crippen LogP contribution >= 0.6 is 0 Å². The van der Waals surface area contributed by atoms with Crippen molar-refractivity contribution in [1.82, 2.24) is 4.90 Å². The normalized spacial score (nSPS) is 20.9. The van der Waals surface area contributed by atoms with Gasteiger partial charge in [0.05, 0.1) is 6.04 Å². The average Bonchev–Trinajstić information content (AvgIpc) is 2.96. The van der Waals surface area contributed by atoms with Crippen molar-refractivity contribution < 1.29 is 4.79 Å². The Hall–Kier alpha value is -0.570. The quantitative estimate of drug-likeness (QED) is 0.708. The third kappa shape index (κ3) is 2.44. The second-order valence-corrected chi connectivity index (χ2v) is 4.04. The van der Waals surface area contributed by atoms with Crippen LogP contribution in [0, 0.1) is 5.92 Å². The first-order valence-electron chi connectivity index (χ1n) is 5.10. The van der Waals surface area contributed by atoms with Crippen LogP contribution in [-0.2, 0) is 4.79 Å². The minimum Gasteiger partial charge on any atom is -0.341 e. The van der Waals surface area contributed by atoms with Gasteiger partial charge in [0.15, 0.2) is 0 Å². The zero-order valence-corrected chi connectivity index (χ0v) is 8.79. The highest BCUT2D eigenvalue weighted by Crippen LogP contribution is 2.34. The number of rotatable bonds is 4. The van der Waals surface area contributed by atoms with E-state index in [1.807, 2.05) is 18.9 Å². The van der Waals surface area contributed by atoms with Gasteiger partial charge >= 0.3 is 0 Å². The fraction of sp³-hybridized carbons (Fsp3) is 0.900. The molecule has 1 aliphatic carbocycles. The molecule has 0 bridgehead atoms. The zero-order chi connectivity index (χ0) is 10.0. The van der Waals surface area contributed by atoms with E-state index < -0.39 is 0 Å². The van der Waals surface area contributed by atoms with Gasteiger partial charge in [-0.15, -0.1) is 0 Å². The predicted octanol–water partition coefficient (Wildman–Crippen LogP) is 0.981. The molecule has 3 nitrogen and oxygen atoms in total. The Bertz CT molecular complexity index is 189. The van der Waals surface area contributed by atoms with Gasteiger partial charge in [-0.2, -0.15) is 0 Å². The Kier molecular flexibility index (Phi) is 3.31. The van der Waals surface area contributed by atoms with E-state index in [-0.39, 0.29) is 11.9 Å². The van der Waals surface area contributed by atoms with Gasteiger partial charge in [0, 0.05) is 13.1 Å². The molecule has 0 aromatic rings. The van der Waals surface area contributed by atoms with Gasteiger partial charge < -0.3 is 10.6 Å². The molecule has 3 heteroatoms. The van der Waals surface area contributed by atoms with E-state index in [0.717, 1.165) is 12.3 Å². The summed E-state index contributed by atoms with van der Waals surface area (Å²) in [6, 6.07) is 0.0521. The molecule has 2 atom stereocenters. The van der Waals surface area contributed by atoms with E-state index in [0.29, 0.717) is 6.04 Å². The number of hydrogen-bond donors (Lipinski definition) is 1. The maximum Gasteiger partial charge on any atom is 0.239 e. The molecule has 0 radical (unpaired) electrons. The number of carbonyl (C=O) groups excluding carboxylic acids is 1. The number of carbonyl (C=O) groups is 1. The Balaban J connectivity index is 2.44. The van der Waals surface area contributed by atoms with Crippen LogP contribution in [0.1, 0.15) is 33.1 Å². The molecule has 2 N–H and O–H groups in total. The van der Waals surface area contributed by atoms with E-state index in [1.165, 1.54) is 12.8 Å². The molecule has 1 fully saturated rings. The van der Waals surface area contributed by atoms with Crippen molar-refractivity contribution in [2.75, 3.05) is 7.05 Å². The Morgan fingerprint density at radius 2 is 2.15 bits per heavy atom. The van der Waals surface area contributed by atoms with Crippen molar-refractivity contribution in [3.8, 4) is 0 Å². The van der Waals surface area contributed by atoms with Gasteiger partial charge in [-0.25, -0.2) is 0 Å². The Labute approximate surface area is 80.3 Å². The molecule has 0 spiro atoms. The fourth-order valence-electron chi connectivity index (χ4n) is 1.53. The number of nitrogens with zero attached hydrogens (tertiary/aromatic N) is 1. The van der Waals surface area contributed by atoms with Gasteiger partial charge in [-0.1, -0.05) is 6.92 Å². The lowest BCUT2D eigenvalue weighted by atomic mass is 10.1. The van der Waals surface area contributed by atoms with Crippen molar-refractivity contribution in [1.29, 1.82) is 0 Å². The molecule has 1 saturated carbocycles. The largest absolute Gasteiger partial charge is 0.341 e. The van der Waals surface area contributed by atoms with Crippen LogP contribution in [0.2, 0.25) is 0 Å². The average molecular weight is 184 g/mol. The summed E-state index contributed by atoms with van der Waals surface area (Å²) >= 11 is 0. The number of nitrogens with two attached hydrogens (primary N) is 1. The highest BCUT2D eigenvalue weighted by atomic mass is 16.2. The summed E-state index contributed by atoms with van der Waals surface area (Å²) in [7, 11) is 1.86. The molecule has 1 aliphatic rings. The Morgan fingerprint density at radius 3 is 2.54 bits per heavy atom. The Morgan fingerprint density at radius 1 is 1.62 bits per heavy atom. The summed E-state index contributed by atoms with van der Waals surface area (Å²) in [5.74, 6) is 0.805. The second kappa shape index (κ2) is 4.09. The van der Waals surface area contributed by atoms with Crippen molar-refractivity contribution in [3.05, 3.63) is 0 Å². The molecule has 1 rings (SSSR count). The second-order valence-electron chi connectivity index (χ2n) is 4.04. The maximum absolute atomic E-state index is 11.6. The van der Waals surface area contributed by atoms with E-state index >= 15 is 0 Å². The lowest BCUT2D eigenvalue weighted by Gasteiger charge is -2.27. The molecule has 0 saturated heterocycles. The lowest BCUT2D eigenvalue weighted by molar-refractivity contribution is -0.133. The number of likely N-dealkylation sites (N-methyl/N-ethyl adjacent to an activating group) is 1. The topological polar surface area (TPSA) is 46.3 Å². The summed E-state index contributed by atoms with van der Waals surface area (Å²) in [4.78, 5) is 13.5. The first kappa shape index (κ1) is 10.5. The molecule has 0 aliphatic heterocycles. The fourth-order valence-corrected chi connectivity index (χ4v) is 1.53. The summed E-state index contributed by atoms with van der Waals surface area (Å²) < 4.78 is 0. The summed E-state index contributed by atoms with van der Waals surface area (Å²) in [6.45, 7) is 4.05. The summed E-state index contributed by atoms with van der Waals surface area (Å²) in [5, 5.41) is 0. The van der Waals surface area contributed by atoms with Gasteiger partial charge in [0.2, 0.25) is 5.91 Å². The molecular weight excluding hydrogens is 164 g/mol. The van der Waals surface area contributed by atoms with Gasteiger partial charge in [-0.05, 0) is 32.1 Å². The van der Waals surface area contributed by atoms with Gasteiger partial charge in [0.25, 0.3) is 0 Å². The van der Waals surface area contributed by atoms with Crippen molar-refractivity contribution >= 4 is 5.91 Å². The predicted molar refractivity (Wildman–Crippen MR) is 53.2 cm³/mol. The highest BCUT2D eigenvalue weighted by Gasteiger charge is 2.33. The first-order valence-corrected chi connectivity index (χ1v) is 5.10. The smallest absolute Gasteiger partial charge is 0.239 e. The summed E-state index contributed by atoms with van der Waals surface area (Å²) in [5.41, 5.74) is 5.68. The van der Waals surface area contributed by atoms with Crippen LogP contribution in [0.4, 0.5) is 0 Å². The molecule has 0 aromatic heterocycles. The van der Waals surface area contributed by atoms with E-state index in [1.54, 1.807) is 0 Å². The molecular formula is C10H20N2O. The first-order chi connectivity index (χ1) is 6.07. The number of amides is 1. The van der Waals surface area contributed by atoms with Gasteiger partial charge in [0.1, 0.15) is 0 Å². The van der Waals surface area contributed by atoms with E-state index in [4.69, 9.17) is 5.73 Å². The monoisotopic (exact) mass is 184 g/mol. The van der Waals surface area contributed by atoms with Crippen molar-refractivity contribution in [2.45, 2.75) is 45.2 Å². The van der Waals surface area contributed by atoms with E-state index in [9.17, 15) is 4.79 Å². The minimum atomic E-state index is -0.314. The SMILES string of the molecule is CC[C@H](N)C(=O)N(C)C(C)C1CC1. The number of hydrogen-bond acceptors (Lipinski definition) is 2. The molecule has 1 unspecified atom stereocenters. The lowest BCUT2D eigenvalue weighted by Crippen LogP contribution is -2.46. The minimum absolute atomic E-state index is 0.0851. The molecule has 0 aromatic carbocycles. The van der Waals surface area contributed by atoms with Crippen LogP contribution in [0.25, 0.3) is 0 Å². The third-order valence-electron chi connectivity index (χ3n) is 3.02. The van der Waals surface area contributed by atoms with E-state index in [2.05, 4.69) is 6.92 Å². The molecule has 76 valence electrons.